The molecule has 0 radical (unpaired) electrons. The van der Waals surface area contributed by atoms with Crippen molar-refractivity contribution in [2.45, 2.75) is 90.7 Å². The fourth-order valence-electron chi connectivity index (χ4n) is 9.50. The highest BCUT2D eigenvalue weighted by molar-refractivity contribution is 6.31. The van der Waals surface area contributed by atoms with E-state index >= 15 is 0 Å². The number of aromatic nitrogens is 2. The lowest BCUT2D eigenvalue weighted by Crippen LogP contribution is -2.74. The highest BCUT2D eigenvalue weighted by Crippen LogP contribution is 2.55. The summed E-state index contributed by atoms with van der Waals surface area (Å²) in [4.78, 5) is 78.8. The lowest BCUT2D eigenvalue weighted by atomic mass is 9.49. The number of amides is 5. The van der Waals surface area contributed by atoms with Gasteiger partial charge in [-0.15, -0.1) is 0 Å². The van der Waals surface area contributed by atoms with E-state index in [1.165, 1.54) is 0 Å². The highest BCUT2D eigenvalue weighted by atomic mass is 35.5. The molecule has 55 heavy (non-hydrogen) atoms. The summed E-state index contributed by atoms with van der Waals surface area (Å²) in [7, 11) is 0. The second-order valence-corrected chi connectivity index (χ2v) is 16.7. The Morgan fingerprint density at radius 2 is 1.56 bits per heavy atom. The Hall–Kier alpha value is -5.39. The third kappa shape index (κ3) is 6.19. The highest BCUT2D eigenvalue weighted by Gasteiger charge is 2.64. The smallest absolute Gasteiger partial charge is 0.262 e. The molecular formula is C40H41ClN8O6. The minimum Gasteiger partial charge on any atom is -0.489 e. The van der Waals surface area contributed by atoms with Crippen LogP contribution in [-0.4, -0.2) is 86.6 Å². The molecular weight excluding hydrogens is 724 g/mol. The van der Waals surface area contributed by atoms with Gasteiger partial charge in [-0.3, -0.25) is 39.1 Å². The summed E-state index contributed by atoms with van der Waals surface area (Å²) >= 11 is 6.23. The lowest BCUT2D eigenvalue weighted by molar-refractivity contribution is -0.164. The zero-order valence-electron chi connectivity index (χ0n) is 31.0. The number of ether oxygens (including phenoxy) is 1. The van der Waals surface area contributed by atoms with Gasteiger partial charge in [-0.05, 0) is 54.7 Å². The van der Waals surface area contributed by atoms with Crippen molar-refractivity contribution in [3.8, 4) is 11.8 Å². The van der Waals surface area contributed by atoms with E-state index in [1.54, 1.807) is 42.7 Å². The average molecular weight is 765 g/mol. The number of halogens is 1. The molecule has 1 aliphatic carbocycles. The van der Waals surface area contributed by atoms with Gasteiger partial charge in [-0.1, -0.05) is 39.3 Å². The molecule has 0 spiro atoms. The zero-order chi connectivity index (χ0) is 39.0. The van der Waals surface area contributed by atoms with Crippen LogP contribution in [0.25, 0.3) is 0 Å². The van der Waals surface area contributed by atoms with E-state index in [2.05, 4.69) is 64.2 Å². The van der Waals surface area contributed by atoms with Gasteiger partial charge in [0.1, 0.15) is 24.0 Å². The summed E-state index contributed by atoms with van der Waals surface area (Å²) in [5.41, 5.74) is 2.55. The number of nitriles is 1. The molecule has 1 saturated carbocycles. The number of piperidine rings is 2. The van der Waals surface area contributed by atoms with Gasteiger partial charge in [0.15, 0.2) is 0 Å². The molecule has 3 fully saturated rings. The quantitative estimate of drug-likeness (QED) is 0.333. The van der Waals surface area contributed by atoms with Crippen molar-refractivity contribution in [1.82, 2.24) is 30.4 Å². The Morgan fingerprint density at radius 1 is 0.945 bits per heavy atom. The molecule has 5 amide bonds. The SMILES string of the molecule is CC1(C)C(NC(=O)c2cnc(N3CCC(N4Cc5cc6c(cc5C4)C(=O)N(C4CCC(=O)NC4=O)C6=O)CC3)nc2)C(C)(C)C1Oc1ccc(C#N)c(Cl)c1. The fourth-order valence-corrected chi connectivity index (χ4v) is 9.71. The number of nitrogens with one attached hydrogen (secondary N) is 2. The van der Waals surface area contributed by atoms with E-state index in [0.717, 1.165) is 42.0 Å². The normalized spacial score (nSPS) is 24.5. The molecule has 5 heterocycles. The van der Waals surface area contributed by atoms with Crippen LogP contribution in [0.4, 0.5) is 5.95 Å². The lowest BCUT2D eigenvalue weighted by Gasteiger charge is -2.63. The molecule has 1 unspecified atom stereocenters. The van der Waals surface area contributed by atoms with E-state index in [9.17, 15) is 29.2 Å². The Labute approximate surface area is 323 Å². The van der Waals surface area contributed by atoms with E-state index in [0.29, 0.717) is 52.1 Å². The number of benzene rings is 2. The van der Waals surface area contributed by atoms with Gasteiger partial charge in [-0.2, -0.15) is 5.26 Å². The topological polar surface area (TPSA) is 178 Å². The van der Waals surface area contributed by atoms with E-state index < -0.39 is 40.5 Å². The maximum atomic E-state index is 13.4. The summed E-state index contributed by atoms with van der Waals surface area (Å²) in [6, 6.07) is 9.76. The van der Waals surface area contributed by atoms with Gasteiger partial charge < -0.3 is 15.0 Å². The van der Waals surface area contributed by atoms with Crippen LogP contribution in [-0.2, 0) is 22.7 Å². The Bertz CT molecular complexity index is 2130. The van der Waals surface area contributed by atoms with E-state index in [4.69, 9.17) is 16.3 Å². The number of hydrogen-bond acceptors (Lipinski definition) is 11. The first-order chi connectivity index (χ1) is 26.2. The molecule has 8 rings (SSSR count). The molecule has 1 aromatic heterocycles. The van der Waals surface area contributed by atoms with Crippen LogP contribution < -0.4 is 20.3 Å². The number of nitrogens with zero attached hydrogens (tertiary/aromatic N) is 6. The first-order valence-electron chi connectivity index (χ1n) is 18.5. The van der Waals surface area contributed by atoms with Crippen LogP contribution in [0.2, 0.25) is 5.02 Å². The Morgan fingerprint density at radius 3 is 2.13 bits per heavy atom. The largest absolute Gasteiger partial charge is 0.489 e. The maximum absolute atomic E-state index is 13.4. The molecule has 2 N–H and O–H groups in total. The van der Waals surface area contributed by atoms with Crippen molar-refractivity contribution in [3.05, 3.63) is 81.1 Å². The number of rotatable bonds is 7. The molecule has 2 aromatic carbocycles. The Balaban J connectivity index is 0.846. The molecule has 5 aliphatic rings. The van der Waals surface area contributed by atoms with Crippen LogP contribution in [0, 0.1) is 22.2 Å². The molecule has 14 nitrogen and oxygen atoms in total. The van der Waals surface area contributed by atoms with Gasteiger partial charge >= 0.3 is 0 Å². The number of anilines is 1. The molecule has 284 valence electrons. The summed E-state index contributed by atoms with van der Waals surface area (Å²) in [5, 5.41) is 15.0. The number of imide groups is 2. The first kappa shape index (κ1) is 36.6. The summed E-state index contributed by atoms with van der Waals surface area (Å²) in [6.45, 7) is 11.0. The van der Waals surface area contributed by atoms with Gasteiger partial charge in [0.2, 0.25) is 17.8 Å². The van der Waals surface area contributed by atoms with Crippen molar-refractivity contribution in [3.63, 3.8) is 0 Å². The van der Waals surface area contributed by atoms with Crippen molar-refractivity contribution in [1.29, 1.82) is 5.26 Å². The van der Waals surface area contributed by atoms with Crippen molar-refractivity contribution in [2.75, 3.05) is 18.0 Å². The number of fused-ring (bicyclic) bond motifs is 2. The monoisotopic (exact) mass is 764 g/mol. The van der Waals surface area contributed by atoms with E-state index in [1.807, 2.05) is 0 Å². The summed E-state index contributed by atoms with van der Waals surface area (Å²) in [5.74, 6) is -1.13. The van der Waals surface area contributed by atoms with Crippen LogP contribution >= 0.6 is 11.6 Å². The second kappa shape index (κ2) is 13.4. The average Bonchev–Trinajstić information content (AvgIpc) is 3.69. The minimum absolute atomic E-state index is 0.0820. The van der Waals surface area contributed by atoms with Gasteiger partial charge in [0, 0.05) is 74.0 Å². The minimum atomic E-state index is -0.983. The van der Waals surface area contributed by atoms with Crippen LogP contribution in [0.1, 0.15) is 101 Å². The van der Waals surface area contributed by atoms with Crippen LogP contribution in [0.5, 0.6) is 5.75 Å². The standard InChI is InChI=1S/C40H41ClN8O6/c1-39(2)36(40(3,4)37(39)55-26-6-5-21(16-42)29(41)15-26)46-32(51)24-17-43-38(44-18-24)47-11-9-25(10-12-47)48-19-22-13-27-28(14-23(22)20-48)35(54)49(34(27)53)30-7-8-31(50)45-33(30)52/h5-6,13-15,17-18,25,30,36-37H,7-12,19-20H2,1-4H3,(H,46,51)(H,45,50,52). The van der Waals surface area contributed by atoms with E-state index in [-0.39, 0.29) is 36.9 Å². The van der Waals surface area contributed by atoms with Crippen molar-refractivity contribution >= 4 is 47.1 Å². The molecule has 1 atom stereocenters. The predicted octanol–water partition coefficient (Wildman–Crippen LogP) is 4.00. The third-order valence-corrected chi connectivity index (χ3v) is 12.4. The molecule has 2 saturated heterocycles. The molecule has 4 aliphatic heterocycles. The van der Waals surface area contributed by atoms with Gasteiger partial charge in [0.25, 0.3) is 17.7 Å². The third-order valence-electron chi connectivity index (χ3n) is 12.1. The number of carbonyl (C=O) groups is 5. The molecule has 0 bridgehead atoms. The summed E-state index contributed by atoms with van der Waals surface area (Å²) < 4.78 is 6.35. The van der Waals surface area contributed by atoms with Crippen molar-refractivity contribution in [2.24, 2.45) is 10.8 Å². The van der Waals surface area contributed by atoms with Gasteiger partial charge in [0.05, 0.1) is 27.3 Å². The molecule has 3 aromatic rings. The predicted molar refractivity (Wildman–Crippen MR) is 199 cm³/mol. The number of hydrogen-bond donors (Lipinski definition) is 2. The molecule has 15 heteroatoms. The first-order valence-corrected chi connectivity index (χ1v) is 18.9. The van der Waals surface area contributed by atoms with Crippen molar-refractivity contribution < 1.29 is 28.7 Å². The Kier molecular flexibility index (Phi) is 8.93. The maximum Gasteiger partial charge on any atom is 0.262 e. The second-order valence-electron chi connectivity index (χ2n) is 16.3. The van der Waals surface area contributed by atoms with Crippen LogP contribution in [0.3, 0.4) is 0 Å². The fraction of sp³-hybridized carbons (Fsp3) is 0.450. The zero-order valence-corrected chi connectivity index (χ0v) is 31.8. The summed E-state index contributed by atoms with van der Waals surface area (Å²) in [6.07, 6.45) is 4.84. The number of carbonyl (C=O) groups excluding carboxylic acids is 5. The van der Waals surface area contributed by atoms with Gasteiger partial charge in [-0.25, -0.2) is 9.97 Å². The van der Waals surface area contributed by atoms with Crippen LogP contribution in [0.15, 0.2) is 42.7 Å².